The molecule has 1 spiro atoms. The van der Waals surface area contributed by atoms with Crippen LogP contribution in [0.4, 0.5) is 0 Å². The molecule has 0 saturated heterocycles. The molecule has 2 aromatic heterocycles. The highest BCUT2D eigenvalue weighted by molar-refractivity contribution is 6.05. The first-order valence-electron chi connectivity index (χ1n) is 19.2. The van der Waals surface area contributed by atoms with Crippen molar-refractivity contribution in [2.24, 2.45) is 0 Å². The van der Waals surface area contributed by atoms with Gasteiger partial charge in [-0.05, 0) is 67.9 Å². The van der Waals surface area contributed by atoms with Crippen LogP contribution in [0.3, 0.4) is 0 Å². The fraction of sp³-hybridized carbons (Fsp3) is 0.0189. The van der Waals surface area contributed by atoms with Crippen LogP contribution in [-0.2, 0) is 5.41 Å². The minimum absolute atomic E-state index is 0.534. The molecule has 2 aliphatic rings. The number of furan rings is 1. The summed E-state index contributed by atoms with van der Waals surface area (Å²) in [5.74, 6) is 1.66. The third-order valence-electron chi connectivity index (χ3n) is 11.9. The van der Waals surface area contributed by atoms with E-state index in [2.05, 4.69) is 188 Å². The zero-order valence-corrected chi connectivity index (χ0v) is 30.3. The average molecular weight is 713 g/mol. The van der Waals surface area contributed by atoms with Crippen molar-refractivity contribution < 1.29 is 4.42 Å². The lowest BCUT2D eigenvalue weighted by atomic mass is 9.70. The fourth-order valence-electron chi connectivity index (χ4n) is 9.60. The lowest BCUT2D eigenvalue weighted by molar-refractivity contribution is 0.628. The summed E-state index contributed by atoms with van der Waals surface area (Å²) in [6.07, 6.45) is 0. The van der Waals surface area contributed by atoms with Crippen LogP contribution < -0.4 is 0 Å². The molecule has 1 atom stereocenters. The average Bonchev–Trinajstić information content (AvgIpc) is 3.90. The summed E-state index contributed by atoms with van der Waals surface area (Å²) < 4.78 is 6.75. The van der Waals surface area contributed by atoms with Crippen molar-refractivity contribution in [3.8, 4) is 67.5 Å². The van der Waals surface area contributed by atoms with Crippen molar-refractivity contribution >= 4 is 21.7 Å². The van der Waals surface area contributed by atoms with Crippen LogP contribution in [0.1, 0.15) is 22.3 Å². The largest absolute Gasteiger partial charge is 0.456 e. The minimum Gasteiger partial charge on any atom is -0.456 e. The molecule has 0 aliphatic heterocycles. The van der Waals surface area contributed by atoms with E-state index < -0.39 is 5.41 Å². The van der Waals surface area contributed by atoms with Crippen molar-refractivity contribution in [2.45, 2.75) is 5.41 Å². The molecule has 2 heterocycles. The second-order valence-electron chi connectivity index (χ2n) is 14.8. The minimum atomic E-state index is -0.534. The van der Waals surface area contributed by atoms with Gasteiger partial charge in [0.25, 0.3) is 0 Å². The molecule has 3 nitrogen and oxygen atoms in total. The Kier molecular flexibility index (Phi) is 6.55. The van der Waals surface area contributed by atoms with Gasteiger partial charge < -0.3 is 4.42 Å². The Morgan fingerprint density at radius 3 is 1.88 bits per heavy atom. The van der Waals surface area contributed by atoms with Gasteiger partial charge in [0.1, 0.15) is 11.3 Å². The molecular formula is C53H32N2O. The maximum absolute atomic E-state index is 6.75. The Balaban J connectivity index is 1.12. The van der Waals surface area contributed by atoms with E-state index >= 15 is 0 Å². The normalized spacial score (nSPS) is 14.9. The maximum atomic E-state index is 6.75. The molecule has 3 heteroatoms. The van der Waals surface area contributed by atoms with Gasteiger partial charge in [0.05, 0.1) is 16.8 Å². The monoisotopic (exact) mass is 712 g/mol. The Morgan fingerprint density at radius 1 is 0.393 bits per heavy atom. The van der Waals surface area contributed by atoms with Crippen LogP contribution in [0.15, 0.2) is 199 Å². The Morgan fingerprint density at radius 2 is 1.02 bits per heavy atom. The van der Waals surface area contributed by atoms with E-state index in [9.17, 15) is 0 Å². The molecule has 0 bridgehead atoms. The van der Waals surface area contributed by atoms with Crippen LogP contribution in [0.5, 0.6) is 0 Å². The standard InChI is InChI=1S/C53H32N2O/c1-2-16-34(17-3-1)46-32-47(55-52(54-46)36-30-29-33-15-4-5-18-35(33)31-36)38-20-7-6-19-37(38)39-24-14-27-45-49(39)40-21-8-11-25-43(40)53(45)44-26-12-9-22-41(44)51-50(53)42-23-10-13-28-48(42)56-51/h1-32H/t53-/m1/s1. The smallest absolute Gasteiger partial charge is 0.160 e. The summed E-state index contributed by atoms with van der Waals surface area (Å²) in [7, 11) is 0. The maximum Gasteiger partial charge on any atom is 0.160 e. The zero-order chi connectivity index (χ0) is 36.8. The van der Waals surface area contributed by atoms with E-state index in [0.29, 0.717) is 5.82 Å². The SMILES string of the molecule is c1ccc(-c2cc(-c3ccccc3-c3cccc4c3-c3ccccc3[C@@]43c4ccccc4-c4oc5ccccc5c43)nc(-c3ccc4ccccc4c3)n2)cc1. The first-order chi connectivity index (χ1) is 27.8. The number of aromatic nitrogens is 2. The number of para-hydroxylation sites is 1. The van der Waals surface area contributed by atoms with Gasteiger partial charge >= 0.3 is 0 Å². The summed E-state index contributed by atoms with van der Waals surface area (Å²) >= 11 is 0. The summed E-state index contributed by atoms with van der Waals surface area (Å²) in [5.41, 5.74) is 16.2. The van der Waals surface area contributed by atoms with Crippen molar-refractivity contribution in [1.82, 2.24) is 9.97 Å². The quantitative estimate of drug-likeness (QED) is 0.182. The molecule has 0 amide bonds. The van der Waals surface area contributed by atoms with E-state index in [1.54, 1.807) is 0 Å². The van der Waals surface area contributed by atoms with Gasteiger partial charge in [-0.25, -0.2) is 9.97 Å². The third kappa shape index (κ3) is 4.28. The van der Waals surface area contributed by atoms with Crippen molar-refractivity contribution in [1.29, 1.82) is 0 Å². The van der Waals surface area contributed by atoms with Gasteiger partial charge in [-0.3, -0.25) is 0 Å². The second kappa shape index (κ2) is 11.8. The number of hydrogen-bond donors (Lipinski definition) is 0. The highest BCUT2D eigenvalue weighted by atomic mass is 16.3. The first kappa shape index (κ1) is 31.0. The fourth-order valence-corrected chi connectivity index (χ4v) is 9.60. The Hall–Kier alpha value is -7.36. The van der Waals surface area contributed by atoms with E-state index in [4.69, 9.17) is 14.4 Å². The van der Waals surface area contributed by atoms with Crippen LogP contribution in [0.2, 0.25) is 0 Å². The first-order valence-corrected chi connectivity index (χ1v) is 19.2. The van der Waals surface area contributed by atoms with Gasteiger partial charge in [-0.2, -0.15) is 0 Å². The molecule has 10 aromatic rings. The van der Waals surface area contributed by atoms with E-state index in [1.165, 1.54) is 44.3 Å². The third-order valence-corrected chi connectivity index (χ3v) is 11.9. The summed E-state index contributed by atoms with van der Waals surface area (Å²) in [6, 6.07) is 69.4. The van der Waals surface area contributed by atoms with Gasteiger partial charge in [-0.1, -0.05) is 176 Å². The van der Waals surface area contributed by atoms with Gasteiger partial charge in [0, 0.05) is 33.2 Å². The second-order valence-corrected chi connectivity index (χ2v) is 14.8. The number of nitrogens with zero attached hydrogens (tertiary/aromatic N) is 2. The molecule has 0 radical (unpaired) electrons. The lowest BCUT2D eigenvalue weighted by Gasteiger charge is -2.30. The Labute approximate surface area is 324 Å². The highest BCUT2D eigenvalue weighted by Gasteiger charge is 2.54. The van der Waals surface area contributed by atoms with Crippen LogP contribution in [0.25, 0.3) is 89.2 Å². The summed E-state index contributed by atoms with van der Waals surface area (Å²) in [4.78, 5) is 10.6. The number of fused-ring (bicyclic) bond motifs is 13. The van der Waals surface area contributed by atoms with Crippen LogP contribution in [-0.4, -0.2) is 9.97 Å². The predicted molar refractivity (Wildman–Crippen MR) is 227 cm³/mol. The predicted octanol–water partition coefficient (Wildman–Crippen LogP) is 13.4. The van der Waals surface area contributed by atoms with Crippen LogP contribution in [0, 0.1) is 0 Å². The van der Waals surface area contributed by atoms with E-state index in [-0.39, 0.29) is 0 Å². The van der Waals surface area contributed by atoms with E-state index in [1.807, 2.05) is 6.07 Å². The van der Waals surface area contributed by atoms with Crippen molar-refractivity contribution in [2.75, 3.05) is 0 Å². The number of rotatable bonds is 4. The summed E-state index contributed by atoms with van der Waals surface area (Å²) in [6.45, 7) is 0. The van der Waals surface area contributed by atoms with Crippen molar-refractivity contribution in [3.63, 3.8) is 0 Å². The van der Waals surface area contributed by atoms with Crippen molar-refractivity contribution in [3.05, 3.63) is 216 Å². The molecule has 0 unspecified atom stereocenters. The van der Waals surface area contributed by atoms with Gasteiger partial charge in [-0.15, -0.1) is 0 Å². The van der Waals surface area contributed by atoms with Crippen LogP contribution >= 0.6 is 0 Å². The lowest BCUT2D eigenvalue weighted by Crippen LogP contribution is -2.25. The highest BCUT2D eigenvalue weighted by Crippen LogP contribution is 2.66. The molecule has 8 aromatic carbocycles. The molecule has 2 aliphatic carbocycles. The topological polar surface area (TPSA) is 38.9 Å². The van der Waals surface area contributed by atoms with Gasteiger partial charge in [0.15, 0.2) is 5.82 Å². The molecule has 0 saturated carbocycles. The molecule has 56 heavy (non-hydrogen) atoms. The molecular weight excluding hydrogens is 681 g/mol. The van der Waals surface area contributed by atoms with E-state index in [0.717, 1.165) is 61.3 Å². The molecule has 12 rings (SSSR count). The number of benzene rings is 8. The number of hydrogen-bond acceptors (Lipinski definition) is 3. The molecule has 0 N–H and O–H groups in total. The molecule has 260 valence electrons. The Bertz CT molecular complexity index is 3210. The molecule has 0 fully saturated rings. The summed E-state index contributed by atoms with van der Waals surface area (Å²) in [5, 5.41) is 3.51. The zero-order valence-electron chi connectivity index (χ0n) is 30.3. The van der Waals surface area contributed by atoms with Gasteiger partial charge in [0.2, 0.25) is 0 Å².